The smallest absolute Gasteiger partial charge is 0.246 e. The molecule has 3 rings (SSSR count). The van der Waals surface area contributed by atoms with Crippen molar-refractivity contribution < 1.29 is 9.53 Å². The minimum atomic E-state index is -0.123. The first-order chi connectivity index (χ1) is 11.6. The summed E-state index contributed by atoms with van der Waals surface area (Å²) in [6.07, 6.45) is 2.76. The molecule has 0 aliphatic rings. The molecule has 0 spiro atoms. The molecule has 1 N–H and O–H groups in total. The molecule has 0 radical (unpaired) electrons. The number of hydrogen-bond donors (Lipinski definition) is 1. The number of fused-ring (bicyclic) bond motifs is 1. The van der Waals surface area contributed by atoms with E-state index in [1.54, 1.807) is 7.11 Å². The Labute approximate surface area is 144 Å². The van der Waals surface area contributed by atoms with Gasteiger partial charge < -0.3 is 9.30 Å². The molecule has 2 heterocycles. The van der Waals surface area contributed by atoms with E-state index in [4.69, 9.17) is 4.74 Å². The van der Waals surface area contributed by atoms with Gasteiger partial charge in [-0.05, 0) is 24.1 Å². The summed E-state index contributed by atoms with van der Waals surface area (Å²) in [6, 6.07) is 7.74. The van der Waals surface area contributed by atoms with Gasteiger partial charge in [0.1, 0.15) is 17.3 Å². The van der Waals surface area contributed by atoms with Crippen molar-refractivity contribution in [2.45, 2.75) is 26.8 Å². The Bertz CT molecular complexity index is 853. The van der Waals surface area contributed by atoms with E-state index in [9.17, 15) is 4.79 Å². The molecule has 0 saturated carbocycles. The minimum Gasteiger partial charge on any atom is -0.496 e. The standard InChI is InChI=1S/C17H20N4O2S/c1-11(2)9-16-19-20-17(24-16)18-15(22)10-21-8-7-12-13(21)5-4-6-14(12)23-3/h4-8,11H,9-10H2,1-3H3,(H,18,20,22). The van der Waals surface area contributed by atoms with Crippen molar-refractivity contribution in [3.05, 3.63) is 35.5 Å². The van der Waals surface area contributed by atoms with Gasteiger partial charge in [0.2, 0.25) is 11.0 Å². The third kappa shape index (κ3) is 3.56. The monoisotopic (exact) mass is 344 g/mol. The number of nitrogens with one attached hydrogen (secondary N) is 1. The Hall–Kier alpha value is -2.41. The lowest BCUT2D eigenvalue weighted by Gasteiger charge is -2.06. The second-order valence-corrected chi connectivity index (χ2v) is 7.05. The van der Waals surface area contributed by atoms with Crippen LogP contribution in [0.1, 0.15) is 18.9 Å². The molecule has 0 bridgehead atoms. The molecule has 6 nitrogen and oxygen atoms in total. The first-order valence-corrected chi connectivity index (χ1v) is 8.62. The summed E-state index contributed by atoms with van der Waals surface area (Å²) >= 11 is 1.43. The number of rotatable bonds is 6. The molecule has 7 heteroatoms. The van der Waals surface area contributed by atoms with Gasteiger partial charge in [0, 0.05) is 18.0 Å². The van der Waals surface area contributed by atoms with Crippen molar-refractivity contribution in [1.82, 2.24) is 14.8 Å². The zero-order chi connectivity index (χ0) is 17.1. The summed E-state index contributed by atoms with van der Waals surface area (Å²) in [5, 5.41) is 13.4. The highest BCUT2D eigenvalue weighted by molar-refractivity contribution is 7.15. The maximum atomic E-state index is 12.3. The summed E-state index contributed by atoms with van der Waals surface area (Å²) in [4.78, 5) is 12.3. The van der Waals surface area contributed by atoms with Crippen LogP contribution >= 0.6 is 11.3 Å². The molecule has 0 unspecified atom stereocenters. The quantitative estimate of drug-likeness (QED) is 0.744. The number of anilines is 1. The molecule has 2 aromatic heterocycles. The van der Waals surface area contributed by atoms with Crippen LogP contribution in [0.2, 0.25) is 0 Å². The van der Waals surface area contributed by atoms with Gasteiger partial charge in [0.05, 0.1) is 12.6 Å². The Morgan fingerprint density at radius 3 is 2.92 bits per heavy atom. The molecule has 0 atom stereocenters. The van der Waals surface area contributed by atoms with Crippen molar-refractivity contribution in [3.8, 4) is 5.75 Å². The zero-order valence-electron chi connectivity index (χ0n) is 13.9. The Morgan fingerprint density at radius 1 is 1.33 bits per heavy atom. The van der Waals surface area contributed by atoms with Crippen molar-refractivity contribution >= 4 is 33.3 Å². The maximum Gasteiger partial charge on any atom is 0.246 e. The fourth-order valence-electron chi connectivity index (χ4n) is 2.56. The Kier molecular flexibility index (Phi) is 4.80. The molecule has 0 saturated heterocycles. The van der Waals surface area contributed by atoms with E-state index in [1.807, 2.05) is 35.0 Å². The first kappa shape index (κ1) is 16.4. The minimum absolute atomic E-state index is 0.123. The van der Waals surface area contributed by atoms with E-state index in [2.05, 4.69) is 29.4 Å². The number of nitrogens with zero attached hydrogens (tertiary/aromatic N) is 3. The van der Waals surface area contributed by atoms with E-state index in [-0.39, 0.29) is 12.5 Å². The van der Waals surface area contributed by atoms with Crippen LogP contribution < -0.4 is 10.1 Å². The summed E-state index contributed by atoms with van der Waals surface area (Å²) in [5.74, 6) is 1.19. The van der Waals surface area contributed by atoms with Crippen molar-refractivity contribution in [1.29, 1.82) is 0 Å². The van der Waals surface area contributed by atoms with Crippen LogP contribution in [0.3, 0.4) is 0 Å². The summed E-state index contributed by atoms with van der Waals surface area (Å²) in [6.45, 7) is 4.48. The normalized spacial score (nSPS) is 11.2. The van der Waals surface area contributed by atoms with Gasteiger partial charge in [0.15, 0.2) is 0 Å². The van der Waals surface area contributed by atoms with E-state index in [1.165, 1.54) is 11.3 Å². The summed E-state index contributed by atoms with van der Waals surface area (Å²) in [5.41, 5.74) is 0.960. The van der Waals surface area contributed by atoms with Crippen molar-refractivity contribution in [3.63, 3.8) is 0 Å². The molecule has 0 fully saturated rings. The fourth-order valence-corrected chi connectivity index (χ4v) is 3.53. The van der Waals surface area contributed by atoms with Crippen LogP contribution in [-0.4, -0.2) is 27.8 Å². The predicted octanol–water partition coefficient (Wildman–Crippen LogP) is 3.34. The third-order valence-corrected chi connectivity index (χ3v) is 4.46. The molecule has 24 heavy (non-hydrogen) atoms. The van der Waals surface area contributed by atoms with E-state index >= 15 is 0 Å². The number of amides is 1. The third-order valence-electron chi connectivity index (χ3n) is 3.60. The van der Waals surface area contributed by atoms with Crippen molar-refractivity contribution in [2.24, 2.45) is 5.92 Å². The average molecular weight is 344 g/mol. The topological polar surface area (TPSA) is 69.0 Å². The molecular formula is C17H20N4O2S. The van der Waals surface area contributed by atoms with Crippen LogP contribution in [-0.2, 0) is 17.8 Å². The number of carbonyl (C=O) groups excluding carboxylic acids is 1. The Balaban J connectivity index is 1.70. The summed E-state index contributed by atoms with van der Waals surface area (Å²) in [7, 11) is 1.64. The number of methoxy groups -OCH3 is 1. The highest BCUT2D eigenvalue weighted by atomic mass is 32.1. The molecular weight excluding hydrogens is 324 g/mol. The van der Waals surface area contributed by atoms with Gasteiger partial charge >= 0.3 is 0 Å². The highest BCUT2D eigenvalue weighted by Gasteiger charge is 2.12. The zero-order valence-corrected chi connectivity index (χ0v) is 14.8. The lowest BCUT2D eigenvalue weighted by Crippen LogP contribution is -2.18. The molecule has 1 amide bonds. The summed E-state index contributed by atoms with van der Waals surface area (Å²) < 4.78 is 7.24. The van der Waals surface area contributed by atoms with Crippen LogP contribution in [0.25, 0.3) is 10.9 Å². The lowest BCUT2D eigenvalue weighted by molar-refractivity contribution is -0.116. The van der Waals surface area contributed by atoms with E-state index in [0.29, 0.717) is 11.0 Å². The average Bonchev–Trinajstić information content (AvgIpc) is 3.14. The molecule has 3 aromatic rings. The SMILES string of the molecule is COc1cccc2c1ccn2CC(=O)Nc1nnc(CC(C)C)s1. The van der Waals surface area contributed by atoms with Gasteiger partial charge in [-0.2, -0.15) is 0 Å². The van der Waals surface area contributed by atoms with E-state index < -0.39 is 0 Å². The van der Waals surface area contributed by atoms with Crippen LogP contribution in [0.5, 0.6) is 5.75 Å². The van der Waals surface area contributed by atoms with Crippen LogP contribution in [0.15, 0.2) is 30.5 Å². The number of aromatic nitrogens is 3. The molecule has 0 aliphatic carbocycles. The Morgan fingerprint density at radius 2 is 2.17 bits per heavy atom. The lowest BCUT2D eigenvalue weighted by atomic mass is 10.1. The number of carbonyl (C=O) groups is 1. The predicted molar refractivity (Wildman–Crippen MR) is 95.6 cm³/mol. The van der Waals surface area contributed by atoms with Crippen molar-refractivity contribution in [2.75, 3.05) is 12.4 Å². The second kappa shape index (κ2) is 7.00. The number of benzene rings is 1. The second-order valence-electron chi connectivity index (χ2n) is 5.98. The maximum absolute atomic E-state index is 12.3. The van der Waals surface area contributed by atoms with Gasteiger partial charge in [-0.15, -0.1) is 10.2 Å². The van der Waals surface area contributed by atoms with Crippen LogP contribution in [0.4, 0.5) is 5.13 Å². The van der Waals surface area contributed by atoms with Gasteiger partial charge in [-0.1, -0.05) is 31.3 Å². The van der Waals surface area contributed by atoms with E-state index in [0.717, 1.165) is 28.1 Å². The highest BCUT2D eigenvalue weighted by Crippen LogP contribution is 2.26. The molecule has 126 valence electrons. The number of ether oxygens (including phenoxy) is 1. The van der Waals surface area contributed by atoms with Gasteiger partial charge in [-0.3, -0.25) is 10.1 Å². The largest absolute Gasteiger partial charge is 0.496 e. The first-order valence-electron chi connectivity index (χ1n) is 7.81. The molecule has 0 aliphatic heterocycles. The molecule has 1 aromatic carbocycles. The van der Waals surface area contributed by atoms with Gasteiger partial charge in [-0.25, -0.2) is 0 Å². The van der Waals surface area contributed by atoms with Crippen LogP contribution in [0, 0.1) is 5.92 Å². The fraction of sp³-hybridized carbons (Fsp3) is 0.353. The van der Waals surface area contributed by atoms with Gasteiger partial charge in [0.25, 0.3) is 0 Å². The number of hydrogen-bond acceptors (Lipinski definition) is 5.